The molecule has 4 nitrogen and oxygen atoms in total. The zero-order valence-electron chi connectivity index (χ0n) is 11.3. The second-order valence-corrected chi connectivity index (χ2v) is 5.21. The Morgan fingerprint density at radius 1 is 1.44 bits per heavy atom. The highest BCUT2D eigenvalue weighted by Crippen LogP contribution is 2.28. The second-order valence-electron chi connectivity index (χ2n) is 5.21. The fourth-order valence-corrected chi connectivity index (χ4v) is 2.75. The van der Waals surface area contributed by atoms with E-state index < -0.39 is 0 Å². The molecule has 1 aromatic rings. The molecule has 1 fully saturated rings. The first-order chi connectivity index (χ1) is 8.71. The van der Waals surface area contributed by atoms with Gasteiger partial charge in [-0.15, -0.1) is 0 Å². The number of hydrogen-bond donors (Lipinski definition) is 2. The third-order valence-corrected chi connectivity index (χ3v) is 3.84. The molecule has 1 aromatic heterocycles. The Labute approximate surface area is 108 Å². The molecule has 0 saturated heterocycles. The van der Waals surface area contributed by atoms with E-state index in [1.807, 2.05) is 6.92 Å². The lowest BCUT2D eigenvalue weighted by atomic mass is 9.84. The van der Waals surface area contributed by atoms with Crippen LogP contribution in [0.3, 0.4) is 0 Å². The highest BCUT2D eigenvalue weighted by atomic mass is 16.1. The lowest BCUT2D eigenvalue weighted by Gasteiger charge is -2.29. The van der Waals surface area contributed by atoms with Crippen LogP contribution in [0.25, 0.3) is 0 Å². The van der Waals surface area contributed by atoms with E-state index in [4.69, 9.17) is 0 Å². The van der Waals surface area contributed by atoms with E-state index in [0.29, 0.717) is 6.04 Å². The molecule has 1 aliphatic rings. The van der Waals surface area contributed by atoms with Crippen molar-refractivity contribution < 1.29 is 0 Å². The van der Waals surface area contributed by atoms with E-state index in [1.54, 1.807) is 6.07 Å². The Morgan fingerprint density at radius 3 is 3.00 bits per heavy atom. The number of hydrogen-bond acceptors (Lipinski definition) is 3. The number of nitrogens with zero attached hydrogens (tertiary/aromatic N) is 1. The molecule has 0 aromatic carbocycles. The van der Waals surface area contributed by atoms with Gasteiger partial charge in [-0.3, -0.25) is 4.79 Å². The van der Waals surface area contributed by atoms with Gasteiger partial charge in [0.2, 0.25) is 0 Å². The minimum atomic E-state index is -0.0628. The Hall–Kier alpha value is -1.32. The average molecular weight is 249 g/mol. The van der Waals surface area contributed by atoms with Crippen LogP contribution in [-0.2, 0) is 6.42 Å². The maximum atomic E-state index is 11.5. The van der Waals surface area contributed by atoms with E-state index in [9.17, 15) is 4.79 Å². The van der Waals surface area contributed by atoms with E-state index in [1.165, 1.54) is 32.1 Å². The average Bonchev–Trinajstić information content (AvgIpc) is 2.38. The van der Waals surface area contributed by atoms with Crippen molar-refractivity contribution in [1.82, 2.24) is 9.97 Å². The van der Waals surface area contributed by atoms with Crippen LogP contribution in [0.15, 0.2) is 10.9 Å². The Kier molecular flexibility index (Phi) is 4.39. The minimum absolute atomic E-state index is 0.0628. The molecule has 2 atom stereocenters. The van der Waals surface area contributed by atoms with Gasteiger partial charge in [0.1, 0.15) is 11.6 Å². The summed E-state index contributed by atoms with van der Waals surface area (Å²) in [6.07, 6.45) is 7.02. The van der Waals surface area contributed by atoms with Crippen molar-refractivity contribution in [2.75, 3.05) is 5.32 Å². The van der Waals surface area contributed by atoms with Crippen molar-refractivity contribution in [1.29, 1.82) is 0 Å². The minimum Gasteiger partial charge on any atom is -0.367 e. The second kappa shape index (κ2) is 6.03. The van der Waals surface area contributed by atoms with Gasteiger partial charge in [-0.1, -0.05) is 33.1 Å². The summed E-state index contributed by atoms with van der Waals surface area (Å²) in [7, 11) is 0. The maximum absolute atomic E-state index is 11.5. The van der Waals surface area contributed by atoms with Crippen molar-refractivity contribution in [2.24, 2.45) is 5.92 Å². The maximum Gasteiger partial charge on any atom is 0.252 e. The lowest BCUT2D eigenvalue weighted by Crippen LogP contribution is -2.28. The van der Waals surface area contributed by atoms with Gasteiger partial charge in [-0.25, -0.2) is 4.98 Å². The van der Waals surface area contributed by atoms with Crippen molar-refractivity contribution >= 4 is 5.82 Å². The van der Waals surface area contributed by atoms with Crippen LogP contribution >= 0.6 is 0 Å². The summed E-state index contributed by atoms with van der Waals surface area (Å²) >= 11 is 0. The normalized spacial score (nSPS) is 23.9. The van der Waals surface area contributed by atoms with Crippen LogP contribution in [0.4, 0.5) is 5.82 Å². The molecular weight excluding hydrogens is 226 g/mol. The molecule has 18 heavy (non-hydrogen) atoms. The summed E-state index contributed by atoms with van der Waals surface area (Å²) in [6.45, 7) is 4.25. The van der Waals surface area contributed by atoms with Crippen LogP contribution in [0.1, 0.15) is 51.8 Å². The molecule has 2 N–H and O–H groups in total. The number of aromatic amines is 1. The van der Waals surface area contributed by atoms with Crippen molar-refractivity contribution in [3.8, 4) is 0 Å². The number of aromatic nitrogens is 2. The zero-order chi connectivity index (χ0) is 13.0. The molecule has 0 aliphatic heterocycles. The number of aryl methyl sites for hydroxylation is 1. The van der Waals surface area contributed by atoms with Gasteiger partial charge in [0.05, 0.1) is 0 Å². The Morgan fingerprint density at radius 2 is 2.28 bits per heavy atom. The summed E-state index contributed by atoms with van der Waals surface area (Å²) in [6, 6.07) is 2.04. The van der Waals surface area contributed by atoms with Crippen molar-refractivity contribution in [3.05, 3.63) is 22.2 Å². The zero-order valence-corrected chi connectivity index (χ0v) is 11.3. The van der Waals surface area contributed by atoms with Crippen LogP contribution in [0.2, 0.25) is 0 Å². The molecule has 1 aliphatic carbocycles. The van der Waals surface area contributed by atoms with Crippen molar-refractivity contribution in [2.45, 2.75) is 58.4 Å². The lowest BCUT2D eigenvalue weighted by molar-refractivity contribution is 0.327. The molecule has 1 heterocycles. The van der Waals surface area contributed by atoms with Crippen LogP contribution in [-0.4, -0.2) is 16.0 Å². The summed E-state index contributed by atoms with van der Waals surface area (Å²) in [5.74, 6) is 2.31. The largest absolute Gasteiger partial charge is 0.367 e. The van der Waals surface area contributed by atoms with E-state index in [2.05, 4.69) is 22.2 Å². The quantitative estimate of drug-likeness (QED) is 0.862. The Bertz CT molecular complexity index is 441. The molecule has 100 valence electrons. The summed E-state index contributed by atoms with van der Waals surface area (Å²) < 4.78 is 0. The highest BCUT2D eigenvalue weighted by molar-refractivity contribution is 5.34. The van der Waals surface area contributed by atoms with Gasteiger partial charge in [-0.05, 0) is 18.8 Å². The van der Waals surface area contributed by atoms with Crippen LogP contribution in [0.5, 0.6) is 0 Å². The molecule has 0 bridgehead atoms. The molecule has 0 radical (unpaired) electrons. The molecule has 2 unspecified atom stereocenters. The fourth-order valence-electron chi connectivity index (χ4n) is 2.75. The van der Waals surface area contributed by atoms with Gasteiger partial charge >= 0.3 is 0 Å². The van der Waals surface area contributed by atoms with E-state index in [-0.39, 0.29) is 5.56 Å². The number of H-pyrrole nitrogens is 1. The van der Waals surface area contributed by atoms with Crippen molar-refractivity contribution in [3.63, 3.8) is 0 Å². The van der Waals surface area contributed by atoms with Crippen LogP contribution < -0.4 is 10.9 Å². The summed E-state index contributed by atoms with van der Waals surface area (Å²) in [4.78, 5) is 18.7. The van der Waals surface area contributed by atoms with E-state index >= 15 is 0 Å². The molecule has 2 rings (SSSR count). The summed E-state index contributed by atoms with van der Waals surface area (Å²) in [5, 5.41) is 3.43. The summed E-state index contributed by atoms with van der Waals surface area (Å²) in [5.41, 5.74) is -0.0628. The predicted molar refractivity (Wildman–Crippen MR) is 73.9 cm³/mol. The van der Waals surface area contributed by atoms with Gasteiger partial charge < -0.3 is 10.3 Å². The van der Waals surface area contributed by atoms with Crippen LogP contribution in [0, 0.1) is 5.92 Å². The molecule has 0 amide bonds. The first-order valence-electron chi connectivity index (χ1n) is 7.08. The molecule has 0 spiro atoms. The van der Waals surface area contributed by atoms with Gasteiger partial charge in [0.25, 0.3) is 5.56 Å². The third kappa shape index (κ3) is 3.34. The SMILES string of the molecule is CCc1nc(NC2CCCC(CC)C2)cc(=O)[nH]1. The monoisotopic (exact) mass is 249 g/mol. The topological polar surface area (TPSA) is 57.8 Å². The van der Waals surface area contributed by atoms with E-state index in [0.717, 1.165) is 24.0 Å². The highest BCUT2D eigenvalue weighted by Gasteiger charge is 2.20. The third-order valence-electron chi connectivity index (χ3n) is 3.84. The number of anilines is 1. The predicted octanol–water partition coefficient (Wildman–Crippen LogP) is 2.71. The Balaban J connectivity index is 2.04. The molecular formula is C14H23N3O. The number of rotatable bonds is 4. The number of nitrogens with one attached hydrogen (secondary N) is 2. The molecule has 4 heteroatoms. The van der Waals surface area contributed by atoms with Gasteiger partial charge in [-0.2, -0.15) is 0 Å². The first kappa shape index (κ1) is 13.1. The molecule has 1 saturated carbocycles. The standard InChI is InChI=1S/C14H23N3O/c1-3-10-6-5-7-11(8-10)15-13-9-14(18)17-12(4-2)16-13/h9-11H,3-8H2,1-2H3,(H2,15,16,17,18). The fraction of sp³-hybridized carbons (Fsp3) is 0.714. The van der Waals surface area contributed by atoms with Gasteiger partial charge in [0.15, 0.2) is 0 Å². The van der Waals surface area contributed by atoms with Gasteiger partial charge in [0, 0.05) is 18.5 Å². The smallest absolute Gasteiger partial charge is 0.252 e. The first-order valence-corrected chi connectivity index (χ1v) is 7.08.